The lowest BCUT2D eigenvalue weighted by atomic mass is 10.1. The van der Waals surface area contributed by atoms with Crippen LogP contribution in [0.15, 0.2) is 18.2 Å². The van der Waals surface area contributed by atoms with Gasteiger partial charge in [-0.3, -0.25) is 4.79 Å². The van der Waals surface area contributed by atoms with Crippen molar-refractivity contribution in [2.75, 3.05) is 30.4 Å². The van der Waals surface area contributed by atoms with Crippen molar-refractivity contribution < 1.29 is 4.79 Å². The van der Waals surface area contributed by atoms with Crippen LogP contribution in [0.5, 0.6) is 0 Å². The fourth-order valence-electron chi connectivity index (χ4n) is 2.16. The maximum Gasteiger partial charge on any atom is 0.246 e. The van der Waals surface area contributed by atoms with Crippen molar-refractivity contribution in [1.82, 2.24) is 5.32 Å². The first-order valence-electron chi connectivity index (χ1n) is 6.56. The smallest absolute Gasteiger partial charge is 0.246 e. The molecule has 1 aliphatic heterocycles. The van der Waals surface area contributed by atoms with E-state index in [1.54, 1.807) is 0 Å². The molecule has 0 bridgehead atoms. The summed E-state index contributed by atoms with van der Waals surface area (Å²) in [7, 11) is 2.05. The number of nitrogens with zero attached hydrogens (tertiary/aromatic N) is 1. The molecule has 4 heteroatoms. The molecule has 0 saturated carbocycles. The third-order valence-corrected chi connectivity index (χ3v) is 3.38. The largest absolute Gasteiger partial charge is 0.375 e. The van der Waals surface area contributed by atoms with Crippen molar-refractivity contribution in [3.8, 4) is 0 Å². The zero-order valence-electron chi connectivity index (χ0n) is 11.3. The highest BCUT2D eigenvalue weighted by Crippen LogP contribution is 2.33. The Morgan fingerprint density at radius 1 is 1.39 bits per heavy atom. The first-order valence-corrected chi connectivity index (χ1v) is 6.56. The van der Waals surface area contributed by atoms with Gasteiger partial charge in [0.15, 0.2) is 0 Å². The lowest BCUT2D eigenvalue weighted by molar-refractivity contribution is -0.117. The predicted molar refractivity (Wildman–Crippen MR) is 75.1 cm³/mol. The molecule has 18 heavy (non-hydrogen) atoms. The van der Waals surface area contributed by atoms with E-state index in [1.807, 2.05) is 19.2 Å². The molecule has 2 rings (SSSR count). The lowest BCUT2D eigenvalue weighted by Gasteiger charge is -2.18. The molecule has 1 heterocycles. The van der Waals surface area contributed by atoms with Crippen molar-refractivity contribution in [2.45, 2.75) is 26.3 Å². The summed E-state index contributed by atoms with van der Waals surface area (Å²) in [6, 6.07) is 5.97. The molecule has 4 nitrogen and oxygen atoms in total. The van der Waals surface area contributed by atoms with E-state index in [4.69, 9.17) is 0 Å². The van der Waals surface area contributed by atoms with E-state index < -0.39 is 0 Å². The molecule has 0 aromatic heterocycles. The van der Waals surface area contributed by atoms with Gasteiger partial charge in [-0.1, -0.05) is 13.0 Å². The monoisotopic (exact) mass is 247 g/mol. The average molecular weight is 247 g/mol. The molecule has 1 atom stereocenters. The van der Waals surface area contributed by atoms with Gasteiger partial charge in [0.05, 0.1) is 0 Å². The molecule has 0 spiro atoms. The summed E-state index contributed by atoms with van der Waals surface area (Å²) in [5, 5.41) is 6.22. The molecule has 1 aromatic rings. The summed E-state index contributed by atoms with van der Waals surface area (Å²) < 4.78 is 0. The highest BCUT2D eigenvalue weighted by atomic mass is 16.2. The van der Waals surface area contributed by atoms with Gasteiger partial charge in [0.25, 0.3) is 0 Å². The quantitative estimate of drug-likeness (QED) is 0.838. The summed E-state index contributed by atoms with van der Waals surface area (Å²) in [6.45, 7) is 6.01. The van der Waals surface area contributed by atoms with E-state index >= 15 is 0 Å². The summed E-state index contributed by atoms with van der Waals surface area (Å²) in [5.41, 5.74) is 3.13. The van der Waals surface area contributed by atoms with Crippen molar-refractivity contribution >= 4 is 17.3 Å². The van der Waals surface area contributed by atoms with Crippen LogP contribution in [-0.4, -0.2) is 26.0 Å². The van der Waals surface area contributed by atoms with Crippen LogP contribution in [0.1, 0.15) is 31.9 Å². The second kappa shape index (κ2) is 5.40. The van der Waals surface area contributed by atoms with Crippen LogP contribution in [0.2, 0.25) is 0 Å². The number of carbonyl (C=O) groups is 1. The maximum absolute atomic E-state index is 11.9. The molecule has 1 aliphatic rings. The van der Waals surface area contributed by atoms with Crippen LogP contribution in [0, 0.1) is 0 Å². The van der Waals surface area contributed by atoms with Gasteiger partial charge in [-0.15, -0.1) is 0 Å². The Kier molecular flexibility index (Phi) is 3.87. The van der Waals surface area contributed by atoms with E-state index in [0.717, 1.165) is 36.4 Å². The normalized spacial score (nSPS) is 17.5. The van der Waals surface area contributed by atoms with Crippen LogP contribution in [0.25, 0.3) is 0 Å². The topological polar surface area (TPSA) is 44.4 Å². The van der Waals surface area contributed by atoms with E-state index in [9.17, 15) is 4.79 Å². The van der Waals surface area contributed by atoms with E-state index in [-0.39, 0.29) is 11.9 Å². The zero-order chi connectivity index (χ0) is 13.1. The van der Waals surface area contributed by atoms with E-state index in [0.29, 0.717) is 0 Å². The number of carbonyl (C=O) groups excluding carboxylic acids is 1. The SMILES string of the molecule is CCCNC1C(=O)Nc2cc(N(C)CC)ccc21. The Morgan fingerprint density at radius 3 is 2.83 bits per heavy atom. The van der Waals surface area contributed by atoms with Crippen molar-refractivity contribution in [3.63, 3.8) is 0 Å². The third kappa shape index (κ3) is 2.34. The lowest BCUT2D eigenvalue weighted by Crippen LogP contribution is -2.27. The number of benzene rings is 1. The van der Waals surface area contributed by atoms with Gasteiger partial charge in [-0.2, -0.15) is 0 Å². The summed E-state index contributed by atoms with van der Waals surface area (Å²) in [4.78, 5) is 14.1. The van der Waals surface area contributed by atoms with E-state index in [1.165, 1.54) is 0 Å². The fourth-order valence-corrected chi connectivity index (χ4v) is 2.16. The molecular weight excluding hydrogens is 226 g/mol. The van der Waals surface area contributed by atoms with Crippen LogP contribution < -0.4 is 15.5 Å². The van der Waals surface area contributed by atoms with Gasteiger partial charge in [0.2, 0.25) is 5.91 Å². The summed E-state index contributed by atoms with van der Waals surface area (Å²) in [6.07, 6.45) is 1.02. The standard InChI is InChI=1S/C14H21N3O/c1-4-8-15-13-11-7-6-10(17(3)5-2)9-12(11)16-14(13)18/h6-7,9,13,15H,4-5,8H2,1-3H3,(H,16,18). The molecule has 98 valence electrons. The van der Waals surface area contributed by atoms with Gasteiger partial charge in [-0.25, -0.2) is 0 Å². The molecular formula is C14H21N3O. The van der Waals surface area contributed by atoms with Crippen LogP contribution in [-0.2, 0) is 4.79 Å². The van der Waals surface area contributed by atoms with Gasteiger partial charge in [0.1, 0.15) is 6.04 Å². The number of hydrogen-bond donors (Lipinski definition) is 2. The number of fused-ring (bicyclic) bond motifs is 1. The number of amides is 1. The Bertz CT molecular complexity index is 445. The molecule has 0 radical (unpaired) electrons. The van der Waals surface area contributed by atoms with E-state index in [2.05, 4.69) is 35.4 Å². The molecule has 0 fully saturated rings. The molecule has 0 aliphatic carbocycles. The van der Waals surface area contributed by atoms with Crippen molar-refractivity contribution in [3.05, 3.63) is 23.8 Å². The van der Waals surface area contributed by atoms with Crippen LogP contribution in [0.3, 0.4) is 0 Å². The fraction of sp³-hybridized carbons (Fsp3) is 0.500. The van der Waals surface area contributed by atoms with Crippen LogP contribution >= 0.6 is 0 Å². The van der Waals surface area contributed by atoms with Gasteiger partial charge in [0, 0.05) is 30.5 Å². The minimum atomic E-state index is -0.194. The highest BCUT2D eigenvalue weighted by molar-refractivity contribution is 6.03. The second-order valence-electron chi connectivity index (χ2n) is 4.66. The summed E-state index contributed by atoms with van der Waals surface area (Å²) >= 11 is 0. The molecule has 1 aromatic carbocycles. The van der Waals surface area contributed by atoms with Crippen LogP contribution in [0.4, 0.5) is 11.4 Å². The zero-order valence-corrected chi connectivity index (χ0v) is 11.3. The number of anilines is 2. The molecule has 0 saturated heterocycles. The first-order chi connectivity index (χ1) is 8.67. The first kappa shape index (κ1) is 12.9. The minimum Gasteiger partial charge on any atom is -0.375 e. The van der Waals surface area contributed by atoms with Crippen molar-refractivity contribution in [1.29, 1.82) is 0 Å². The molecule has 1 unspecified atom stereocenters. The molecule has 1 amide bonds. The summed E-state index contributed by atoms with van der Waals surface area (Å²) in [5.74, 6) is 0.0507. The third-order valence-electron chi connectivity index (χ3n) is 3.38. The number of rotatable bonds is 5. The predicted octanol–water partition coefficient (Wildman–Crippen LogP) is 2.14. The molecule has 2 N–H and O–H groups in total. The average Bonchev–Trinajstić information content (AvgIpc) is 2.70. The minimum absolute atomic E-state index is 0.0507. The number of hydrogen-bond acceptors (Lipinski definition) is 3. The highest BCUT2D eigenvalue weighted by Gasteiger charge is 2.29. The Hall–Kier alpha value is -1.55. The Labute approximate surface area is 108 Å². The van der Waals surface area contributed by atoms with Crippen molar-refractivity contribution in [2.24, 2.45) is 0 Å². The second-order valence-corrected chi connectivity index (χ2v) is 4.66. The number of nitrogens with one attached hydrogen (secondary N) is 2. The maximum atomic E-state index is 11.9. The van der Waals surface area contributed by atoms with Gasteiger partial charge >= 0.3 is 0 Å². The van der Waals surface area contributed by atoms with Gasteiger partial charge in [-0.05, 0) is 32.0 Å². The Morgan fingerprint density at radius 2 is 2.17 bits per heavy atom. The van der Waals surface area contributed by atoms with Gasteiger partial charge < -0.3 is 15.5 Å². The Balaban J connectivity index is 2.23.